The summed E-state index contributed by atoms with van der Waals surface area (Å²) in [6.07, 6.45) is 0. The first kappa shape index (κ1) is 13.3. The Morgan fingerprint density at radius 3 is 2.53 bits per heavy atom. The largest absolute Gasteiger partial charge is 0.478 e. The Morgan fingerprint density at radius 2 is 1.95 bits per heavy atom. The van der Waals surface area contributed by atoms with Gasteiger partial charge in [-0.25, -0.2) is 9.78 Å². The number of carboxylic acids is 1. The molecule has 0 amide bonds. The zero-order valence-corrected chi connectivity index (χ0v) is 11.5. The van der Waals surface area contributed by atoms with E-state index in [1.165, 1.54) is 0 Å². The van der Waals surface area contributed by atoms with E-state index in [1.54, 1.807) is 6.07 Å². The van der Waals surface area contributed by atoms with E-state index >= 15 is 0 Å². The molecule has 0 spiro atoms. The van der Waals surface area contributed by atoms with Crippen LogP contribution in [0.5, 0.6) is 0 Å². The van der Waals surface area contributed by atoms with E-state index < -0.39 is 5.97 Å². The maximum absolute atomic E-state index is 11.4. The van der Waals surface area contributed by atoms with Gasteiger partial charge in [-0.1, -0.05) is 12.1 Å². The molecule has 1 heterocycles. The van der Waals surface area contributed by atoms with Crippen molar-refractivity contribution in [2.45, 2.75) is 20.8 Å². The number of pyridine rings is 1. The summed E-state index contributed by atoms with van der Waals surface area (Å²) in [4.78, 5) is 17.9. The van der Waals surface area contributed by atoms with Crippen LogP contribution >= 0.6 is 0 Å². The van der Waals surface area contributed by atoms with Crippen LogP contribution in [0.2, 0.25) is 0 Å². The van der Waals surface area contributed by atoms with Gasteiger partial charge in [0, 0.05) is 18.5 Å². The van der Waals surface area contributed by atoms with E-state index in [0.29, 0.717) is 5.82 Å². The molecule has 4 nitrogen and oxygen atoms in total. The fourth-order valence-corrected chi connectivity index (χ4v) is 2.19. The van der Waals surface area contributed by atoms with Crippen molar-refractivity contribution in [3.63, 3.8) is 0 Å². The molecule has 2 aromatic rings. The summed E-state index contributed by atoms with van der Waals surface area (Å²) in [6.45, 7) is 7.47. The number of aromatic nitrogens is 1. The SMILES string of the molecule is CCN(CC)c1nc2cc(C)ccc2cc1C(=O)O. The number of carbonyl (C=O) groups is 1. The maximum Gasteiger partial charge on any atom is 0.339 e. The van der Waals surface area contributed by atoms with Crippen molar-refractivity contribution in [1.29, 1.82) is 0 Å². The van der Waals surface area contributed by atoms with Gasteiger partial charge in [0.1, 0.15) is 11.4 Å². The third-order valence-electron chi connectivity index (χ3n) is 3.25. The molecule has 0 bridgehead atoms. The number of carboxylic acid groups (broad SMARTS) is 1. The number of anilines is 1. The van der Waals surface area contributed by atoms with Crippen molar-refractivity contribution in [3.8, 4) is 0 Å². The van der Waals surface area contributed by atoms with Crippen LogP contribution in [0.25, 0.3) is 10.9 Å². The minimum absolute atomic E-state index is 0.264. The summed E-state index contributed by atoms with van der Waals surface area (Å²) in [5, 5.41) is 10.2. The fraction of sp³-hybridized carbons (Fsp3) is 0.333. The molecule has 0 aliphatic rings. The molecule has 4 heteroatoms. The third kappa shape index (κ3) is 2.52. The third-order valence-corrected chi connectivity index (χ3v) is 3.25. The van der Waals surface area contributed by atoms with E-state index in [4.69, 9.17) is 0 Å². The molecule has 0 aliphatic heterocycles. The molecule has 2 rings (SSSR count). The van der Waals surface area contributed by atoms with Gasteiger partial charge in [-0.3, -0.25) is 0 Å². The second-order valence-electron chi connectivity index (χ2n) is 4.53. The quantitative estimate of drug-likeness (QED) is 0.915. The van der Waals surface area contributed by atoms with Crippen LogP contribution in [0.15, 0.2) is 24.3 Å². The molecule has 1 aromatic carbocycles. The first-order valence-corrected chi connectivity index (χ1v) is 6.46. The van der Waals surface area contributed by atoms with Crippen LogP contribution in [0.3, 0.4) is 0 Å². The molecular weight excluding hydrogens is 240 g/mol. The molecule has 0 atom stereocenters. The molecule has 0 aliphatic carbocycles. The zero-order valence-electron chi connectivity index (χ0n) is 11.5. The van der Waals surface area contributed by atoms with Gasteiger partial charge in [-0.05, 0) is 38.5 Å². The number of hydrogen-bond acceptors (Lipinski definition) is 3. The molecule has 19 heavy (non-hydrogen) atoms. The van der Waals surface area contributed by atoms with E-state index in [2.05, 4.69) is 4.98 Å². The molecule has 0 saturated heterocycles. The Hall–Kier alpha value is -2.10. The lowest BCUT2D eigenvalue weighted by Crippen LogP contribution is -2.25. The van der Waals surface area contributed by atoms with Gasteiger partial charge in [-0.2, -0.15) is 0 Å². The number of rotatable bonds is 4. The lowest BCUT2D eigenvalue weighted by Gasteiger charge is -2.22. The second-order valence-corrected chi connectivity index (χ2v) is 4.53. The minimum Gasteiger partial charge on any atom is -0.478 e. The maximum atomic E-state index is 11.4. The molecule has 0 unspecified atom stereocenters. The summed E-state index contributed by atoms with van der Waals surface area (Å²) >= 11 is 0. The smallest absolute Gasteiger partial charge is 0.339 e. The first-order valence-electron chi connectivity index (χ1n) is 6.46. The fourth-order valence-electron chi connectivity index (χ4n) is 2.19. The summed E-state index contributed by atoms with van der Waals surface area (Å²) in [5.41, 5.74) is 2.22. The van der Waals surface area contributed by atoms with Crippen molar-refractivity contribution in [2.75, 3.05) is 18.0 Å². The summed E-state index contributed by atoms with van der Waals surface area (Å²) in [5.74, 6) is -0.382. The Balaban J connectivity index is 2.71. The second kappa shape index (κ2) is 5.26. The average molecular weight is 258 g/mol. The van der Waals surface area contributed by atoms with Crippen LogP contribution in [0.1, 0.15) is 29.8 Å². The van der Waals surface area contributed by atoms with Crippen LogP contribution in [-0.2, 0) is 0 Å². The van der Waals surface area contributed by atoms with Crippen molar-refractivity contribution in [3.05, 3.63) is 35.4 Å². The van der Waals surface area contributed by atoms with E-state index in [9.17, 15) is 9.90 Å². The Labute approximate surface area is 112 Å². The zero-order chi connectivity index (χ0) is 14.0. The van der Waals surface area contributed by atoms with Crippen LogP contribution < -0.4 is 4.90 Å². The van der Waals surface area contributed by atoms with Crippen molar-refractivity contribution in [1.82, 2.24) is 4.98 Å². The number of aromatic carboxylic acids is 1. The number of fused-ring (bicyclic) bond motifs is 1. The van der Waals surface area contributed by atoms with Gasteiger partial charge in [0.05, 0.1) is 5.52 Å². The van der Waals surface area contributed by atoms with Gasteiger partial charge in [-0.15, -0.1) is 0 Å². The minimum atomic E-state index is -0.933. The Kier molecular flexibility index (Phi) is 3.69. The van der Waals surface area contributed by atoms with Gasteiger partial charge in [0.15, 0.2) is 0 Å². The van der Waals surface area contributed by atoms with Crippen molar-refractivity contribution >= 4 is 22.7 Å². The molecule has 1 aromatic heterocycles. The summed E-state index contributed by atoms with van der Waals surface area (Å²) in [6, 6.07) is 7.56. The van der Waals surface area contributed by atoms with Gasteiger partial charge in [0.2, 0.25) is 0 Å². The number of hydrogen-bond donors (Lipinski definition) is 1. The Morgan fingerprint density at radius 1 is 1.26 bits per heavy atom. The van der Waals surface area contributed by atoms with Crippen LogP contribution in [0, 0.1) is 6.92 Å². The van der Waals surface area contributed by atoms with Crippen LogP contribution in [-0.4, -0.2) is 29.1 Å². The van der Waals surface area contributed by atoms with E-state index in [0.717, 1.165) is 29.6 Å². The highest BCUT2D eigenvalue weighted by Crippen LogP contribution is 2.24. The highest BCUT2D eigenvalue weighted by molar-refractivity contribution is 5.98. The molecule has 0 saturated carbocycles. The molecule has 1 N–H and O–H groups in total. The number of aryl methyl sites for hydroxylation is 1. The topological polar surface area (TPSA) is 53.4 Å². The molecule has 100 valence electrons. The lowest BCUT2D eigenvalue weighted by molar-refractivity contribution is 0.0697. The normalized spacial score (nSPS) is 10.7. The highest BCUT2D eigenvalue weighted by atomic mass is 16.4. The predicted octanol–water partition coefficient (Wildman–Crippen LogP) is 3.09. The van der Waals surface area contributed by atoms with Gasteiger partial charge >= 0.3 is 5.97 Å². The van der Waals surface area contributed by atoms with Gasteiger partial charge < -0.3 is 10.0 Å². The monoisotopic (exact) mass is 258 g/mol. The first-order chi connectivity index (χ1) is 9.06. The molecule has 0 fully saturated rings. The number of benzene rings is 1. The van der Waals surface area contributed by atoms with Crippen molar-refractivity contribution < 1.29 is 9.90 Å². The lowest BCUT2D eigenvalue weighted by atomic mass is 10.1. The predicted molar refractivity (Wildman–Crippen MR) is 77.0 cm³/mol. The van der Waals surface area contributed by atoms with E-state index in [-0.39, 0.29) is 5.56 Å². The molecule has 0 radical (unpaired) electrons. The van der Waals surface area contributed by atoms with Crippen molar-refractivity contribution in [2.24, 2.45) is 0 Å². The highest BCUT2D eigenvalue weighted by Gasteiger charge is 2.17. The van der Waals surface area contributed by atoms with E-state index in [1.807, 2.05) is 43.9 Å². The Bertz CT molecular complexity index is 619. The summed E-state index contributed by atoms with van der Waals surface area (Å²) in [7, 11) is 0. The standard InChI is InChI=1S/C15H18N2O2/c1-4-17(5-2)14-12(15(18)19)9-11-7-6-10(3)8-13(11)16-14/h6-9H,4-5H2,1-3H3,(H,18,19). The summed E-state index contributed by atoms with van der Waals surface area (Å²) < 4.78 is 0. The average Bonchev–Trinajstić information content (AvgIpc) is 2.39. The van der Waals surface area contributed by atoms with Crippen LogP contribution in [0.4, 0.5) is 5.82 Å². The number of nitrogens with zero attached hydrogens (tertiary/aromatic N) is 2. The molecular formula is C15H18N2O2. The van der Waals surface area contributed by atoms with Gasteiger partial charge in [0.25, 0.3) is 0 Å².